The largest absolute Gasteiger partial charge is 0.442 e. The second kappa shape index (κ2) is 6.33. The van der Waals surface area contributed by atoms with Crippen LogP contribution in [0.15, 0.2) is 36.4 Å². The van der Waals surface area contributed by atoms with Gasteiger partial charge in [0, 0.05) is 0 Å². The third-order valence-corrected chi connectivity index (χ3v) is 3.90. The van der Waals surface area contributed by atoms with Crippen LogP contribution in [0.25, 0.3) is 0 Å². The zero-order valence-corrected chi connectivity index (χ0v) is 14.3. The monoisotopic (exact) mass is 344 g/mol. The minimum atomic E-state index is -0.722. The Hall–Kier alpha value is -2.67. The van der Waals surface area contributed by atoms with E-state index < -0.39 is 23.8 Å². The number of benzene rings is 1. The molecule has 0 bridgehead atoms. The molecule has 25 heavy (non-hydrogen) atoms. The number of carbonyl (C=O) groups is 3. The molecule has 2 aliphatic rings. The highest BCUT2D eigenvalue weighted by molar-refractivity contribution is 6.21. The van der Waals surface area contributed by atoms with E-state index in [1.165, 1.54) is 4.90 Å². The van der Waals surface area contributed by atoms with Crippen molar-refractivity contribution in [1.82, 2.24) is 10.4 Å². The van der Waals surface area contributed by atoms with Crippen LogP contribution in [0.1, 0.15) is 47.9 Å². The average Bonchev–Trinajstić information content (AvgIpc) is 3.08. The molecular weight excluding hydrogens is 324 g/mol. The van der Waals surface area contributed by atoms with Crippen molar-refractivity contribution in [3.8, 4) is 0 Å². The molecule has 132 valence electrons. The summed E-state index contributed by atoms with van der Waals surface area (Å²) in [6.45, 7) is 5.22. The first-order valence-electron chi connectivity index (χ1n) is 8.06. The zero-order chi connectivity index (χ0) is 18.2. The normalized spacial score (nSPS) is 22.3. The molecule has 7 nitrogen and oxygen atoms in total. The van der Waals surface area contributed by atoms with Gasteiger partial charge in [-0.3, -0.25) is 19.3 Å². The minimum absolute atomic E-state index is 0.358. The van der Waals surface area contributed by atoms with Gasteiger partial charge in [0.25, 0.3) is 11.8 Å². The van der Waals surface area contributed by atoms with Crippen molar-refractivity contribution in [3.63, 3.8) is 0 Å². The van der Waals surface area contributed by atoms with Crippen LogP contribution < -0.4 is 5.48 Å². The molecular formula is C18H20N2O5. The summed E-state index contributed by atoms with van der Waals surface area (Å²) in [4.78, 5) is 43.4. The number of hydroxylamine groups is 1. The number of carbonyl (C=O) groups excluding carboxylic acids is 3. The molecule has 7 heteroatoms. The Morgan fingerprint density at radius 3 is 2.32 bits per heavy atom. The van der Waals surface area contributed by atoms with E-state index in [0.717, 1.165) is 0 Å². The Labute approximate surface area is 145 Å². The van der Waals surface area contributed by atoms with Gasteiger partial charge in [-0.25, -0.2) is 4.79 Å². The summed E-state index contributed by atoms with van der Waals surface area (Å²) >= 11 is 0. The molecule has 1 aromatic carbocycles. The van der Waals surface area contributed by atoms with Crippen molar-refractivity contribution in [2.24, 2.45) is 0 Å². The molecule has 1 heterocycles. The molecule has 0 fully saturated rings. The van der Waals surface area contributed by atoms with E-state index >= 15 is 0 Å². The second-order valence-electron chi connectivity index (χ2n) is 6.94. The fourth-order valence-corrected chi connectivity index (χ4v) is 2.89. The highest BCUT2D eigenvalue weighted by Gasteiger charge is 2.43. The molecule has 3 amide bonds. The van der Waals surface area contributed by atoms with Gasteiger partial charge >= 0.3 is 6.09 Å². The number of rotatable bonds is 3. The number of nitrogens with zero attached hydrogens (tertiary/aromatic N) is 1. The Balaban J connectivity index is 1.69. The number of ether oxygens (including phenoxy) is 1. The maximum atomic E-state index is 12.6. The van der Waals surface area contributed by atoms with Crippen LogP contribution in [-0.2, 0) is 9.57 Å². The van der Waals surface area contributed by atoms with Crippen LogP contribution in [0, 0.1) is 0 Å². The van der Waals surface area contributed by atoms with Crippen LogP contribution in [-0.4, -0.2) is 40.6 Å². The SMILES string of the molecule is CC(C)(C)OC(=O)NO[C@H]1CC=C[C@H]1N1C(=O)c2ccccc2C1=O. The first-order chi connectivity index (χ1) is 11.8. The van der Waals surface area contributed by atoms with E-state index in [2.05, 4.69) is 5.48 Å². The van der Waals surface area contributed by atoms with Crippen molar-refractivity contribution in [2.45, 2.75) is 44.9 Å². The van der Waals surface area contributed by atoms with Crippen LogP contribution in [0.5, 0.6) is 0 Å². The second-order valence-corrected chi connectivity index (χ2v) is 6.94. The highest BCUT2D eigenvalue weighted by atomic mass is 16.7. The van der Waals surface area contributed by atoms with Gasteiger partial charge < -0.3 is 4.74 Å². The Morgan fingerprint density at radius 2 is 1.76 bits per heavy atom. The van der Waals surface area contributed by atoms with Gasteiger partial charge in [-0.2, -0.15) is 5.48 Å². The molecule has 0 radical (unpaired) electrons. The van der Waals surface area contributed by atoms with E-state index in [1.54, 1.807) is 51.1 Å². The number of imide groups is 1. The van der Waals surface area contributed by atoms with Crippen molar-refractivity contribution in [3.05, 3.63) is 47.5 Å². The van der Waals surface area contributed by atoms with Gasteiger partial charge in [-0.1, -0.05) is 24.3 Å². The van der Waals surface area contributed by atoms with Crippen LogP contribution in [0.3, 0.4) is 0 Å². The molecule has 0 aromatic heterocycles. The molecule has 2 atom stereocenters. The maximum absolute atomic E-state index is 12.6. The van der Waals surface area contributed by atoms with E-state index in [9.17, 15) is 14.4 Å². The Bertz CT molecular complexity index is 715. The predicted molar refractivity (Wildman–Crippen MR) is 88.7 cm³/mol. The maximum Gasteiger partial charge on any atom is 0.431 e. The summed E-state index contributed by atoms with van der Waals surface area (Å²) in [6, 6.07) is 6.11. The summed E-state index contributed by atoms with van der Waals surface area (Å²) in [6.07, 6.45) is 2.74. The lowest BCUT2D eigenvalue weighted by Crippen LogP contribution is -2.47. The molecule has 0 saturated carbocycles. The van der Waals surface area contributed by atoms with Gasteiger partial charge in [0.2, 0.25) is 0 Å². The van der Waals surface area contributed by atoms with Crippen LogP contribution in [0.2, 0.25) is 0 Å². The zero-order valence-electron chi connectivity index (χ0n) is 14.3. The molecule has 3 rings (SSSR count). The fourth-order valence-electron chi connectivity index (χ4n) is 2.89. The van der Waals surface area contributed by atoms with E-state index in [4.69, 9.17) is 9.57 Å². The van der Waals surface area contributed by atoms with Gasteiger partial charge in [-0.05, 0) is 39.3 Å². The quantitative estimate of drug-likeness (QED) is 0.517. The van der Waals surface area contributed by atoms with Gasteiger partial charge in [-0.15, -0.1) is 0 Å². The summed E-state index contributed by atoms with van der Waals surface area (Å²) in [5, 5.41) is 0. The highest BCUT2D eigenvalue weighted by Crippen LogP contribution is 2.29. The standard InChI is InChI=1S/C18H20N2O5/c1-18(2,3)24-17(23)19-25-14-10-6-9-13(14)20-15(21)11-7-4-5-8-12(11)16(20)22/h4-9,13-14H,10H2,1-3H3,(H,19,23)/t13-,14+/m1/s1. The fraction of sp³-hybridized carbons (Fsp3) is 0.389. The number of nitrogens with one attached hydrogen (secondary N) is 1. The summed E-state index contributed by atoms with van der Waals surface area (Å²) in [5.41, 5.74) is 2.35. The van der Waals surface area contributed by atoms with Gasteiger partial charge in [0.1, 0.15) is 11.7 Å². The summed E-state index contributed by atoms with van der Waals surface area (Å²) in [7, 11) is 0. The first kappa shape index (κ1) is 17.2. The van der Waals surface area contributed by atoms with Gasteiger partial charge in [0.05, 0.1) is 17.2 Å². The van der Waals surface area contributed by atoms with Gasteiger partial charge in [0.15, 0.2) is 0 Å². The van der Waals surface area contributed by atoms with E-state index in [0.29, 0.717) is 17.5 Å². The lowest BCUT2D eigenvalue weighted by atomic mass is 10.1. The summed E-state index contributed by atoms with van der Waals surface area (Å²) in [5.74, 6) is -0.717. The Morgan fingerprint density at radius 1 is 1.16 bits per heavy atom. The van der Waals surface area contributed by atoms with Crippen molar-refractivity contribution in [2.75, 3.05) is 0 Å². The molecule has 1 aliphatic carbocycles. The first-order valence-corrected chi connectivity index (χ1v) is 8.06. The summed E-state index contributed by atoms with van der Waals surface area (Å²) < 4.78 is 5.11. The lowest BCUT2D eigenvalue weighted by molar-refractivity contribution is -0.0537. The molecule has 0 spiro atoms. The number of hydrogen-bond donors (Lipinski definition) is 1. The molecule has 0 unspecified atom stereocenters. The Kier molecular flexibility index (Phi) is 4.34. The lowest BCUT2D eigenvalue weighted by Gasteiger charge is -2.27. The topological polar surface area (TPSA) is 84.9 Å². The van der Waals surface area contributed by atoms with Crippen molar-refractivity contribution in [1.29, 1.82) is 0 Å². The van der Waals surface area contributed by atoms with Crippen molar-refractivity contribution < 1.29 is 24.0 Å². The smallest absolute Gasteiger partial charge is 0.431 e. The molecule has 1 aliphatic heterocycles. The van der Waals surface area contributed by atoms with E-state index in [-0.39, 0.29) is 11.8 Å². The third kappa shape index (κ3) is 3.41. The van der Waals surface area contributed by atoms with Crippen LogP contribution >= 0.6 is 0 Å². The average molecular weight is 344 g/mol. The third-order valence-electron chi connectivity index (χ3n) is 3.90. The number of amides is 3. The minimum Gasteiger partial charge on any atom is -0.442 e. The predicted octanol–water partition coefficient (Wildman–Crippen LogP) is 2.44. The number of hydrogen-bond acceptors (Lipinski definition) is 5. The van der Waals surface area contributed by atoms with E-state index in [1.807, 2.05) is 6.08 Å². The number of fused-ring (bicyclic) bond motifs is 1. The molecule has 1 N–H and O–H groups in total. The molecule has 0 saturated heterocycles. The molecule has 1 aromatic rings. The van der Waals surface area contributed by atoms with Crippen LogP contribution in [0.4, 0.5) is 4.79 Å². The van der Waals surface area contributed by atoms with Crippen molar-refractivity contribution >= 4 is 17.9 Å².